The van der Waals surface area contributed by atoms with E-state index in [2.05, 4.69) is 20.7 Å². The van der Waals surface area contributed by atoms with Crippen molar-refractivity contribution in [2.45, 2.75) is 32.2 Å². The number of amides is 1. The van der Waals surface area contributed by atoms with Crippen molar-refractivity contribution in [3.05, 3.63) is 23.2 Å². The first-order chi connectivity index (χ1) is 9.99. The maximum atomic E-state index is 12.1. The quantitative estimate of drug-likeness (QED) is 0.802. The summed E-state index contributed by atoms with van der Waals surface area (Å²) in [4.78, 5) is 22.2. The van der Waals surface area contributed by atoms with Gasteiger partial charge in [0, 0.05) is 32.3 Å². The molecule has 0 aliphatic heterocycles. The lowest BCUT2D eigenvalue weighted by Crippen LogP contribution is -2.28. The predicted molar refractivity (Wildman–Crippen MR) is 82.3 cm³/mol. The number of hydrogen-bond acceptors (Lipinski definition) is 3. The molecule has 1 amide bonds. The van der Waals surface area contributed by atoms with Crippen molar-refractivity contribution in [3.63, 3.8) is 0 Å². The van der Waals surface area contributed by atoms with Gasteiger partial charge in [0.05, 0.1) is 5.39 Å². The average molecular weight is 307 g/mol. The molecule has 0 saturated heterocycles. The van der Waals surface area contributed by atoms with Gasteiger partial charge in [-0.15, -0.1) is 0 Å². The van der Waals surface area contributed by atoms with Crippen LogP contribution in [0.15, 0.2) is 12.5 Å². The fourth-order valence-electron chi connectivity index (χ4n) is 3.30. The third kappa shape index (κ3) is 2.39. The van der Waals surface area contributed by atoms with Crippen LogP contribution in [-0.2, 0) is 4.79 Å². The molecule has 0 spiro atoms. The molecule has 6 heteroatoms. The molecule has 2 aromatic rings. The smallest absolute Gasteiger partial charge is 0.225 e. The largest absolute Gasteiger partial charge is 0.349 e. The minimum atomic E-state index is 0.111. The Morgan fingerprint density at radius 2 is 2.14 bits per heavy atom. The predicted octanol–water partition coefficient (Wildman–Crippen LogP) is 2.82. The zero-order chi connectivity index (χ0) is 15.1. The number of aromatic nitrogens is 3. The Kier molecular flexibility index (Phi) is 3.61. The van der Waals surface area contributed by atoms with E-state index in [1.165, 1.54) is 6.33 Å². The lowest BCUT2D eigenvalue weighted by atomic mass is 10.1. The summed E-state index contributed by atoms with van der Waals surface area (Å²) in [6.07, 6.45) is 6.37. The summed E-state index contributed by atoms with van der Waals surface area (Å²) in [5, 5.41) is 1.41. The zero-order valence-corrected chi connectivity index (χ0v) is 13.3. The van der Waals surface area contributed by atoms with E-state index in [9.17, 15) is 4.79 Å². The molecule has 2 unspecified atom stereocenters. The van der Waals surface area contributed by atoms with Crippen LogP contribution in [0.3, 0.4) is 0 Å². The molecule has 21 heavy (non-hydrogen) atoms. The third-order valence-electron chi connectivity index (χ3n) is 4.34. The SMILES string of the molecule is Cc1cn(C2CCC(C(=O)N(C)C)C2)c2ncnc(Cl)c12. The Balaban J connectivity index is 1.93. The molecule has 5 nitrogen and oxygen atoms in total. The van der Waals surface area contributed by atoms with Crippen LogP contribution >= 0.6 is 11.6 Å². The van der Waals surface area contributed by atoms with Crippen LogP contribution in [0.2, 0.25) is 5.15 Å². The first kappa shape index (κ1) is 14.3. The third-order valence-corrected chi connectivity index (χ3v) is 4.63. The average Bonchev–Trinajstić information content (AvgIpc) is 3.03. The molecular weight excluding hydrogens is 288 g/mol. The summed E-state index contributed by atoms with van der Waals surface area (Å²) in [6.45, 7) is 2.02. The molecule has 112 valence electrons. The van der Waals surface area contributed by atoms with E-state index in [0.717, 1.165) is 35.9 Å². The number of fused-ring (bicyclic) bond motifs is 1. The number of rotatable bonds is 2. The minimum absolute atomic E-state index is 0.111. The van der Waals surface area contributed by atoms with Crippen LogP contribution in [0.4, 0.5) is 0 Å². The second-order valence-electron chi connectivity index (χ2n) is 5.98. The second kappa shape index (κ2) is 5.30. The molecule has 2 aromatic heterocycles. The summed E-state index contributed by atoms with van der Waals surface area (Å²) in [5.41, 5.74) is 1.95. The number of nitrogens with zero attached hydrogens (tertiary/aromatic N) is 4. The standard InChI is InChI=1S/C15H19ClN4O/c1-9-7-20(14-12(9)13(16)17-8-18-14)11-5-4-10(6-11)15(21)19(2)3/h7-8,10-11H,4-6H2,1-3H3. The summed E-state index contributed by atoms with van der Waals surface area (Å²) in [7, 11) is 3.63. The van der Waals surface area contributed by atoms with Gasteiger partial charge in [0.25, 0.3) is 0 Å². The van der Waals surface area contributed by atoms with Crippen molar-refractivity contribution >= 4 is 28.5 Å². The van der Waals surface area contributed by atoms with E-state index in [4.69, 9.17) is 11.6 Å². The molecule has 3 rings (SSSR count). The van der Waals surface area contributed by atoms with E-state index in [-0.39, 0.29) is 11.8 Å². The van der Waals surface area contributed by atoms with E-state index in [0.29, 0.717) is 11.2 Å². The van der Waals surface area contributed by atoms with Gasteiger partial charge in [-0.25, -0.2) is 9.97 Å². The fraction of sp³-hybridized carbons (Fsp3) is 0.533. The zero-order valence-electron chi connectivity index (χ0n) is 12.5. The Morgan fingerprint density at radius 3 is 2.86 bits per heavy atom. The molecule has 2 heterocycles. The van der Waals surface area contributed by atoms with E-state index < -0.39 is 0 Å². The van der Waals surface area contributed by atoms with Crippen LogP contribution < -0.4 is 0 Å². The lowest BCUT2D eigenvalue weighted by Gasteiger charge is -2.17. The van der Waals surface area contributed by atoms with Gasteiger partial charge in [-0.1, -0.05) is 11.6 Å². The number of carbonyl (C=O) groups excluding carboxylic acids is 1. The maximum absolute atomic E-state index is 12.1. The molecule has 2 atom stereocenters. The summed E-state index contributed by atoms with van der Waals surface area (Å²) >= 11 is 6.18. The van der Waals surface area contributed by atoms with Crippen molar-refractivity contribution in [2.24, 2.45) is 5.92 Å². The Morgan fingerprint density at radius 1 is 1.38 bits per heavy atom. The van der Waals surface area contributed by atoms with Crippen LogP contribution in [0.25, 0.3) is 11.0 Å². The topological polar surface area (TPSA) is 51.0 Å². The molecule has 1 aliphatic carbocycles. The monoisotopic (exact) mass is 306 g/mol. The minimum Gasteiger partial charge on any atom is -0.349 e. The summed E-state index contributed by atoms with van der Waals surface area (Å²) < 4.78 is 2.17. The van der Waals surface area contributed by atoms with Gasteiger partial charge >= 0.3 is 0 Å². The molecule has 0 N–H and O–H groups in total. The number of hydrogen-bond donors (Lipinski definition) is 0. The molecule has 0 bridgehead atoms. The van der Waals surface area contributed by atoms with Gasteiger partial charge < -0.3 is 9.47 Å². The number of halogens is 1. The summed E-state index contributed by atoms with van der Waals surface area (Å²) in [6, 6.07) is 0.307. The molecule has 1 saturated carbocycles. The fourth-order valence-corrected chi connectivity index (χ4v) is 3.58. The second-order valence-corrected chi connectivity index (χ2v) is 6.34. The van der Waals surface area contributed by atoms with Crippen LogP contribution in [0, 0.1) is 12.8 Å². The molecule has 0 aromatic carbocycles. The van der Waals surface area contributed by atoms with Crippen molar-refractivity contribution in [3.8, 4) is 0 Å². The van der Waals surface area contributed by atoms with Gasteiger partial charge in [0.15, 0.2) is 0 Å². The Bertz CT molecular complexity index is 694. The Hall–Kier alpha value is -1.62. The molecular formula is C15H19ClN4O. The Labute approximate surface area is 128 Å². The number of aryl methyl sites for hydroxylation is 1. The first-order valence-corrected chi connectivity index (χ1v) is 7.55. The molecule has 1 aliphatic rings. The van der Waals surface area contributed by atoms with Crippen molar-refractivity contribution in [1.82, 2.24) is 19.4 Å². The first-order valence-electron chi connectivity index (χ1n) is 7.18. The highest BCUT2D eigenvalue weighted by Gasteiger charge is 2.32. The van der Waals surface area contributed by atoms with Crippen molar-refractivity contribution < 1.29 is 4.79 Å². The van der Waals surface area contributed by atoms with Gasteiger partial charge in [-0.2, -0.15) is 0 Å². The molecule has 0 radical (unpaired) electrons. The van der Waals surface area contributed by atoms with Crippen LogP contribution in [0.5, 0.6) is 0 Å². The van der Waals surface area contributed by atoms with Gasteiger partial charge in [0.1, 0.15) is 17.1 Å². The van der Waals surface area contributed by atoms with E-state index in [1.54, 1.807) is 4.90 Å². The van der Waals surface area contributed by atoms with E-state index in [1.807, 2.05) is 21.0 Å². The van der Waals surface area contributed by atoms with Gasteiger partial charge in [-0.3, -0.25) is 4.79 Å². The van der Waals surface area contributed by atoms with Crippen molar-refractivity contribution in [1.29, 1.82) is 0 Å². The lowest BCUT2D eigenvalue weighted by molar-refractivity contribution is -0.132. The van der Waals surface area contributed by atoms with Gasteiger partial charge in [0.2, 0.25) is 5.91 Å². The van der Waals surface area contributed by atoms with Gasteiger partial charge in [-0.05, 0) is 31.7 Å². The normalized spacial score (nSPS) is 21.9. The highest BCUT2D eigenvalue weighted by Crippen LogP contribution is 2.38. The van der Waals surface area contributed by atoms with Crippen LogP contribution in [-0.4, -0.2) is 39.4 Å². The highest BCUT2D eigenvalue weighted by atomic mass is 35.5. The van der Waals surface area contributed by atoms with E-state index >= 15 is 0 Å². The van der Waals surface area contributed by atoms with Crippen molar-refractivity contribution in [2.75, 3.05) is 14.1 Å². The highest BCUT2D eigenvalue weighted by molar-refractivity contribution is 6.34. The maximum Gasteiger partial charge on any atom is 0.225 e. The molecule has 1 fully saturated rings. The van der Waals surface area contributed by atoms with Crippen LogP contribution in [0.1, 0.15) is 30.9 Å². The summed E-state index contributed by atoms with van der Waals surface area (Å²) in [5.74, 6) is 0.332. The number of carbonyl (C=O) groups is 1.